The highest BCUT2D eigenvalue weighted by atomic mass is 32.2. The van der Waals surface area contributed by atoms with Crippen LogP contribution in [0.5, 0.6) is 23.0 Å². The molecule has 3 aromatic carbocycles. The molecule has 0 radical (unpaired) electrons. The molecule has 2 amide bonds. The molecule has 11 nitrogen and oxygen atoms in total. The second kappa shape index (κ2) is 15.9. The zero-order valence-electron chi connectivity index (χ0n) is 27.9. The summed E-state index contributed by atoms with van der Waals surface area (Å²) < 4.78 is 51.6. The van der Waals surface area contributed by atoms with Crippen molar-refractivity contribution >= 4 is 27.5 Å². The summed E-state index contributed by atoms with van der Waals surface area (Å²) in [5, 5.41) is 3.13. The molecular weight excluding hydrogens is 622 g/mol. The van der Waals surface area contributed by atoms with Gasteiger partial charge in [-0.1, -0.05) is 43.5 Å². The van der Waals surface area contributed by atoms with Gasteiger partial charge in [0.15, 0.2) is 11.5 Å². The van der Waals surface area contributed by atoms with Crippen molar-refractivity contribution in [2.45, 2.75) is 69.5 Å². The maximum atomic E-state index is 14.5. The second-order valence-electron chi connectivity index (χ2n) is 11.5. The van der Waals surface area contributed by atoms with E-state index in [0.717, 1.165) is 47.5 Å². The Morgan fingerprint density at radius 1 is 0.851 bits per heavy atom. The fourth-order valence-corrected chi connectivity index (χ4v) is 7.16. The summed E-state index contributed by atoms with van der Waals surface area (Å²) >= 11 is 0. The lowest BCUT2D eigenvalue weighted by Crippen LogP contribution is -2.53. The predicted molar refractivity (Wildman–Crippen MR) is 180 cm³/mol. The van der Waals surface area contributed by atoms with Gasteiger partial charge in [-0.05, 0) is 62.1 Å². The van der Waals surface area contributed by atoms with Gasteiger partial charge in [0.05, 0.1) is 39.0 Å². The molecule has 47 heavy (non-hydrogen) atoms. The zero-order chi connectivity index (χ0) is 34.1. The van der Waals surface area contributed by atoms with E-state index in [2.05, 4.69) is 5.32 Å². The van der Waals surface area contributed by atoms with E-state index in [9.17, 15) is 18.0 Å². The van der Waals surface area contributed by atoms with Crippen LogP contribution in [0.15, 0.2) is 65.6 Å². The highest BCUT2D eigenvalue weighted by molar-refractivity contribution is 7.92. The summed E-state index contributed by atoms with van der Waals surface area (Å²) in [6, 6.07) is 15.6. The van der Waals surface area contributed by atoms with Crippen LogP contribution in [-0.4, -0.2) is 72.2 Å². The lowest BCUT2D eigenvalue weighted by molar-refractivity contribution is -0.139. The number of carbonyl (C=O) groups excluding carboxylic acids is 2. The van der Waals surface area contributed by atoms with E-state index >= 15 is 0 Å². The zero-order valence-corrected chi connectivity index (χ0v) is 28.8. The second-order valence-corrected chi connectivity index (χ2v) is 13.4. The Kier molecular flexibility index (Phi) is 12.0. The van der Waals surface area contributed by atoms with Gasteiger partial charge in [0.2, 0.25) is 11.8 Å². The van der Waals surface area contributed by atoms with Crippen LogP contribution in [-0.2, 0) is 26.2 Å². The quantitative estimate of drug-likeness (QED) is 0.252. The molecule has 4 rings (SSSR count). The Labute approximate surface area is 277 Å². The van der Waals surface area contributed by atoms with Crippen molar-refractivity contribution in [3.8, 4) is 23.0 Å². The van der Waals surface area contributed by atoms with Crippen molar-refractivity contribution < 1.29 is 37.0 Å². The molecule has 1 atom stereocenters. The number of sulfonamides is 1. The first-order valence-corrected chi connectivity index (χ1v) is 17.1. The molecule has 0 aliphatic heterocycles. The van der Waals surface area contributed by atoms with E-state index in [4.69, 9.17) is 18.9 Å². The van der Waals surface area contributed by atoms with E-state index in [-0.39, 0.29) is 40.6 Å². The van der Waals surface area contributed by atoms with Crippen LogP contribution in [0.3, 0.4) is 0 Å². The van der Waals surface area contributed by atoms with Gasteiger partial charge in [0.25, 0.3) is 10.0 Å². The molecule has 0 bridgehead atoms. The first-order valence-electron chi connectivity index (χ1n) is 15.6. The van der Waals surface area contributed by atoms with E-state index < -0.39 is 28.5 Å². The summed E-state index contributed by atoms with van der Waals surface area (Å²) in [6.45, 7) is 3.07. The maximum Gasteiger partial charge on any atom is 0.265 e. The number of nitrogens with zero attached hydrogens (tertiary/aromatic N) is 2. The maximum absolute atomic E-state index is 14.5. The lowest BCUT2D eigenvalue weighted by Gasteiger charge is -2.34. The van der Waals surface area contributed by atoms with Crippen LogP contribution >= 0.6 is 0 Å². The fourth-order valence-electron chi connectivity index (χ4n) is 5.73. The molecule has 254 valence electrons. The Hall–Kier alpha value is -4.45. The van der Waals surface area contributed by atoms with Gasteiger partial charge in [0.1, 0.15) is 24.1 Å². The number of hydrogen-bond donors (Lipinski definition) is 1. The number of anilines is 1. The van der Waals surface area contributed by atoms with Crippen molar-refractivity contribution in [1.29, 1.82) is 0 Å². The minimum absolute atomic E-state index is 0.0390. The summed E-state index contributed by atoms with van der Waals surface area (Å²) in [6.07, 6.45) is 4.99. The van der Waals surface area contributed by atoms with Gasteiger partial charge in [-0.15, -0.1) is 0 Å². The average molecular weight is 668 g/mol. The number of aryl methyl sites for hydroxylation is 1. The summed E-state index contributed by atoms with van der Waals surface area (Å²) in [5.41, 5.74) is 1.87. The number of amides is 2. The number of ether oxygens (including phenoxy) is 4. The number of benzene rings is 3. The normalized spacial score (nSPS) is 14.1. The van der Waals surface area contributed by atoms with Crippen molar-refractivity contribution in [3.63, 3.8) is 0 Å². The van der Waals surface area contributed by atoms with Crippen molar-refractivity contribution in [2.24, 2.45) is 0 Å². The van der Waals surface area contributed by atoms with Crippen LogP contribution in [0.25, 0.3) is 0 Å². The van der Waals surface area contributed by atoms with Crippen molar-refractivity contribution in [3.05, 3.63) is 71.8 Å². The van der Waals surface area contributed by atoms with Gasteiger partial charge in [0, 0.05) is 24.7 Å². The molecule has 1 aliphatic rings. The lowest BCUT2D eigenvalue weighted by atomic mass is 9.95. The molecule has 1 saturated carbocycles. The largest absolute Gasteiger partial charge is 0.497 e. The van der Waals surface area contributed by atoms with Gasteiger partial charge in [-0.2, -0.15) is 0 Å². The predicted octanol–water partition coefficient (Wildman–Crippen LogP) is 5.09. The van der Waals surface area contributed by atoms with Crippen LogP contribution in [0, 0.1) is 6.92 Å². The van der Waals surface area contributed by atoms with E-state index in [1.807, 2.05) is 31.2 Å². The number of methoxy groups -OCH3 is 4. The molecule has 1 N–H and O–H groups in total. The molecule has 0 spiro atoms. The smallest absolute Gasteiger partial charge is 0.265 e. The average Bonchev–Trinajstić information content (AvgIpc) is 3.09. The van der Waals surface area contributed by atoms with E-state index in [1.54, 1.807) is 19.1 Å². The fraction of sp³-hybridized carbons (Fsp3) is 0.429. The van der Waals surface area contributed by atoms with Gasteiger partial charge < -0.3 is 29.2 Å². The Morgan fingerprint density at radius 2 is 1.51 bits per heavy atom. The molecule has 1 fully saturated rings. The topological polar surface area (TPSA) is 124 Å². The molecule has 1 unspecified atom stereocenters. The molecule has 0 heterocycles. The van der Waals surface area contributed by atoms with Crippen LogP contribution in [0.4, 0.5) is 5.69 Å². The minimum Gasteiger partial charge on any atom is -0.497 e. The number of nitrogens with one attached hydrogen (secondary N) is 1. The van der Waals surface area contributed by atoms with Crippen molar-refractivity contribution in [2.75, 3.05) is 39.3 Å². The van der Waals surface area contributed by atoms with Crippen LogP contribution in [0.2, 0.25) is 0 Å². The third kappa shape index (κ3) is 8.29. The molecule has 0 saturated heterocycles. The SMILES string of the molecule is COc1ccc(OC)c(N(CC(=O)N(Cc2ccccc2C)C(C)C(=O)NC2CCCCC2)S(=O)(=O)c2ccc(OC)c(OC)c2)c1. The Bertz CT molecular complexity index is 1660. The Balaban J connectivity index is 1.79. The number of carbonyl (C=O) groups is 2. The molecule has 12 heteroatoms. The minimum atomic E-state index is -4.43. The van der Waals surface area contributed by atoms with Crippen LogP contribution < -0.4 is 28.6 Å². The highest BCUT2D eigenvalue weighted by Crippen LogP contribution is 2.38. The first kappa shape index (κ1) is 35.4. The van der Waals surface area contributed by atoms with E-state index in [0.29, 0.717) is 11.5 Å². The number of rotatable bonds is 14. The molecule has 3 aromatic rings. The molecule has 0 aromatic heterocycles. The van der Waals surface area contributed by atoms with Gasteiger partial charge in [-0.25, -0.2) is 8.42 Å². The first-order chi connectivity index (χ1) is 22.5. The molecule has 1 aliphatic carbocycles. The highest BCUT2D eigenvalue weighted by Gasteiger charge is 2.35. The molecular formula is C35H45N3O8S. The van der Waals surface area contributed by atoms with E-state index in [1.165, 1.54) is 57.6 Å². The summed E-state index contributed by atoms with van der Waals surface area (Å²) in [7, 11) is 1.30. The summed E-state index contributed by atoms with van der Waals surface area (Å²) in [5.74, 6) is 0.247. The third-order valence-electron chi connectivity index (χ3n) is 8.60. The Morgan fingerprint density at radius 3 is 2.15 bits per heavy atom. The van der Waals surface area contributed by atoms with Crippen molar-refractivity contribution in [1.82, 2.24) is 10.2 Å². The monoisotopic (exact) mass is 667 g/mol. The number of hydrogen-bond acceptors (Lipinski definition) is 8. The van der Waals surface area contributed by atoms with Gasteiger partial charge >= 0.3 is 0 Å². The van der Waals surface area contributed by atoms with Gasteiger partial charge in [-0.3, -0.25) is 13.9 Å². The standard InChI is InChI=1S/C35H45N3O8S/c1-24-12-10-11-13-26(24)22-37(25(2)35(40)36-27-14-8-7-9-15-27)34(39)23-38(30-20-28(43-3)16-18-31(30)44-4)47(41,42)29-17-19-32(45-5)33(21-29)46-6/h10-13,16-21,25,27H,7-9,14-15,22-23H2,1-6H3,(H,36,40). The van der Waals surface area contributed by atoms with Crippen LogP contribution in [0.1, 0.15) is 50.2 Å². The summed E-state index contributed by atoms with van der Waals surface area (Å²) in [4.78, 5) is 29.4. The third-order valence-corrected chi connectivity index (χ3v) is 10.4.